The first kappa shape index (κ1) is 14.9. The molecule has 0 saturated heterocycles. The van der Waals surface area contributed by atoms with Gasteiger partial charge in [0.2, 0.25) is 0 Å². The molecule has 0 spiro atoms. The maximum Gasteiger partial charge on any atom is 0.165 e. The van der Waals surface area contributed by atoms with Gasteiger partial charge in [0, 0.05) is 5.56 Å². The number of benzene rings is 2. The second-order valence-electron chi connectivity index (χ2n) is 5.90. The Kier molecular flexibility index (Phi) is 4.06. The van der Waals surface area contributed by atoms with Gasteiger partial charge in [-0.05, 0) is 37.1 Å². The van der Waals surface area contributed by atoms with Crippen molar-refractivity contribution in [1.82, 2.24) is 0 Å². The van der Waals surface area contributed by atoms with Gasteiger partial charge >= 0.3 is 0 Å². The van der Waals surface area contributed by atoms with Crippen molar-refractivity contribution >= 4 is 0 Å². The largest absolute Gasteiger partial charge is 0.508 e. The summed E-state index contributed by atoms with van der Waals surface area (Å²) in [5.41, 5.74) is 0.846. The van der Waals surface area contributed by atoms with E-state index >= 15 is 0 Å². The van der Waals surface area contributed by atoms with E-state index in [2.05, 4.69) is 6.92 Å². The number of phenols is 1. The van der Waals surface area contributed by atoms with Crippen molar-refractivity contribution in [2.75, 3.05) is 0 Å². The molecule has 0 saturated carbocycles. The molecule has 1 unspecified atom stereocenters. The summed E-state index contributed by atoms with van der Waals surface area (Å²) in [5.74, 6) is 0.619. The number of hydrogen-bond acceptors (Lipinski definition) is 2. The number of rotatable bonds is 6. The maximum absolute atomic E-state index is 14.3. The first-order valence-electron chi connectivity index (χ1n) is 7.95. The quantitative estimate of drug-likeness (QED) is 0.749. The summed E-state index contributed by atoms with van der Waals surface area (Å²) in [6.45, 7) is 2.17. The summed E-state index contributed by atoms with van der Waals surface area (Å²) in [6.07, 6.45) is 5.20. The van der Waals surface area contributed by atoms with Gasteiger partial charge in [0.1, 0.15) is 17.3 Å². The minimum Gasteiger partial charge on any atom is -0.508 e. The van der Waals surface area contributed by atoms with Crippen molar-refractivity contribution in [3.8, 4) is 11.5 Å². The van der Waals surface area contributed by atoms with Crippen molar-refractivity contribution in [1.29, 1.82) is 0 Å². The summed E-state index contributed by atoms with van der Waals surface area (Å²) in [5, 5.41) is 9.49. The molecule has 0 aromatic heterocycles. The lowest BCUT2D eigenvalue weighted by atomic mass is 9.77. The molecule has 0 aliphatic carbocycles. The first-order chi connectivity index (χ1) is 10.7. The van der Waals surface area contributed by atoms with Crippen LogP contribution in [0.4, 0.5) is 4.39 Å². The maximum atomic E-state index is 14.3. The van der Waals surface area contributed by atoms with Gasteiger partial charge in [0.15, 0.2) is 5.60 Å². The van der Waals surface area contributed by atoms with Crippen LogP contribution >= 0.6 is 0 Å². The van der Waals surface area contributed by atoms with Crippen molar-refractivity contribution < 1.29 is 14.2 Å². The zero-order valence-electron chi connectivity index (χ0n) is 12.8. The average molecular weight is 300 g/mol. The molecule has 2 aromatic rings. The number of halogens is 1. The normalized spacial score (nSPS) is 19.2. The monoisotopic (exact) mass is 300 g/mol. The van der Waals surface area contributed by atoms with E-state index in [0.717, 1.165) is 31.2 Å². The van der Waals surface area contributed by atoms with Crippen LogP contribution in [0.15, 0.2) is 42.5 Å². The van der Waals surface area contributed by atoms with Crippen LogP contribution in [0.25, 0.3) is 0 Å². The molecule has 1 aliphatic heterocycles. The van der Waals surface area contributed by atoms with E-state index < -0.39 is 5.60 Å². The van der Waals surface area contributed by atoms with Crippen LogP contribution in [-0.2, 0) is 5.60 Å². The highest BCUT2D eigenvalue weighted by Crippen LogP contribution is 2.52. The fraction of sp³-hybridized carbons (Fsp3) is 0.368. The van der Waals surface area contributed by atoms with Crippen LogP contribution in [0.3, 0.4) is 0 Å². The molecule has 2 aromatic carbocycles. The van der Waals surface area contributed by atoms with Crippen molar-refractivity contribution in [2.45, 2.75) is 44.6 Å². The summed E-state index contributed by atoms with van der Waals surface area (Å²) >= 11 is 0. The molecule has 2 nitrogen and oxygen atoms in total. The highest BCUT2D eigenvalue weighted by atomic mass is 19.1. The van der Waals surface area contributed by atoms with E-state index in [1.165, 1.54) is 12.5 Å². The summed E-state index contributed by atoms with van der Waals surface area (Å²) < 4.78 is 20.4. The highest BCUT2D eigenvalue weighted by Gasteiger charge is 2.48. The van der Waals surface area contributed by atoms with Gasteiger partial charge in [0.25, 0.3) is 0 Å². The van der Waals surface area contributed by atoms with Gasteiger partial charge in [0.05, 0.1) is 5.56 Å². The van der Waals surface area contributed by atoms with Gasteiger partial charge in [-0.15, -0.1) is 0 Å². The lowest BCUT2D eigenvalue weighted by Gasteiger charge is -2.45. The molecule has 0 fully saturated rings. The molecule has 22 heavy (non-hydrogen) atoms. The topological polar surface area (TPSA) is 29.5 Å². The SMILES string of the molecule is CCCCCCC1(c2ccc(O)cc2)Oc2cccc(F)c21. The van der Waals surface area contributed by atoms with E-state index in [4.69, 9.17) is 4.74 Å². The van der Waals surface area contributed by atoms with Crippen LogP contribution < -0.4 is 4.74 Å². The third-order valence-corrected chi connectivity index (χ3v) is 4.38. The molecule has 116 valence electrons. The minimum atomic E-state index is -0.706. The molecule has 3 rings (SSSR count). The van der Waals surface area contributed by atoms with Crippen LogP contribution in [0.2, 0.25) is 0 Å². The minimum absolute atomic E-state index is 0.206. The van der Waals surface area contributed by atoms with Crippen molar-refractivity contribution in [2.24, 2.45) is 0 Å². The van der Waals surface area contributed by atoms with E-state index in [-0.39, 0.29) is 11.6 Å². The Balaban J connectivity index is 1.94. The Hall–Kier alpha value is -2.03. The smallest absolute Gasteiger partial charge is 0.165 e. The van der Waals surface area contributed by atoms with E-state index in [0.29, 0.717) is 11.3 Å². The fourth-order valence-corrected chi connectivity index (χ4v) is 3.23. The number of unbranched alkanes of at least 4 members (excludes halogenated alkanes) is 3. The van der Waals surface area contributed by atoms with E-state index in [9.17, 15) is 9.50 Å². The highest BCUT2D eigenvalue weighted by molar-refractivity contribution is 5.54. The van der Waals surface area contributed by atoms with Gasteiger partial charge in [-0.2, -0.15) is 0 Å². The zero-order chi connectivity index (χ0) is 15.6. The number of ether oxygens (including phenoxy) is 1. The van der Waals surface area contributed by atoms with Gasteiger partial charge in [-0.25, -0.2) is 4.39 Å². The third-order valence-electron chi connectivity index (χ3n) is 4.38. The van der Waals surface area contributed by atoms with Crippen LogP contribution in [-0.4, -0.2) is 5.11 Å². The van der Waals surface area contributed by atoms with Crippen LogP contribution in [0.5, 0.6) is 11.5 Å². The van der Waals surface area contributed by atoms with Crippen LogP contribution in [0, 0.1) is 5.82 Å². The second-order valence-corrected chi connectivity index (χ2v) is 5.90. The summed E-state index contributed by atoms with van der Waals surface area (Å²) in [4.78, 5) is 0. The summed E-state index contributed by atoms with van der Waals surface area (Å²) in [7, 11) is 0. The Bertz CT molecular complexity index is 637. The lowest BCUT2D eigenvalue weighted by molar-refractivity contribution is 0.0371. The predicted molar refractivity (Wildman–Crippen MR) is 84.7 cm³/mol. The molecular formula is C19H21FO2. The standard InChI is InChI=1S/C19H21FO2/c1-2-3-4-5-13-19(14-9-11-15(21)12-10-14)18-16(20)7-6-8-17(18)22-19/h6-12,21H,2-5,13H2,1H3. The molecule has 1 aliphatic rings. The Morgan fingerprint density at radius 2 is 1.82 bits per heavy atom. The summed E-state index contributed by atoms with van der Waals surface area (Å²) in [6, 6.07) is 11.9. The predicted octanol–water partition coefficient (Wildman–Crippen LogP) is 5.14. The molecule has 0 amide bonds. The van der Waals surface area contributed by atoms with E-state index in [1.807, 2.05) is 18.2 Å². The van der Waals surface area contributed by atoms with Gasteiger partial charge in [-0.1, -0.05) is 44.4 Å². The first-order valence-corrected chi connectivity index (χ1v) is 7.95. The van der Waals surface area contributed by atoms with Crippen molar-refractivity contribution in [3.63, 3.8) is 0 Å². The molecule has 1 heterocycles. The molecule has 3 heteroatoms. The Morgan fingerprint density at radius 3 is 2.50 bits per heavy atom. The average Bonchev–Trinajstić information content (AvgIpc) is 2.49. The molecule has 1 atom stereocenters. The lowest BCUT2D eigenvalue weighted by Crippen LogP contribution is -2.43. The second kappa shape index (κ2) is 5.99. The number of hydrogen-bond donors (Lipinski definition) is 1. The third kappa shape index (κ3) is 2.45. The Morgan fingerprint density at radius 1 is 1.05 bits per heavy atom. The molecule has 0 bridgehead atoms. The number of phenolic OH excluding ortho intramolecular Hbond substituents is 1. The van der Waals surface area contributed by atoms with Crippen LogP contribution in [0.1, 0.15) is 50.2 Å². The molecular weight excluding hydrogens is 279 g/mol. The Labute approximate surface area is 130 Å². The molecule has 1 N–H and O–H groups in total. The fourth-order valence-electron chi connectivity index (χ4n) is 3.23. The number of fused-ring (bicyclic) bond motifs is 1. The molecule has 0 radical (unpaired) electrons. The van der Waals surface area contributed by atoms with Gasteiger partial charge < -0.3 is 9.84 Å². The number of aromatic hydroxyl groups is 1. The van der Waals surface area contributed by atoms with Crippen molar-refractivity contribution in [3.05, 3.63) is 59.4 Å². The zero-order valence-corrected chi connectivity index (χ0v) is 12.8. The van der Waals surface area contributed by atoms with Gasteiger partial charge in [-0.3, -0.25) is 0 Å². The van der Waals surface area contributed by atoms with E-state index in [1.54, 1.807) is 18.2 Å².